The van der Waals surface area contributed by atoms with Crippen molar-refractivity contribution >= 4 is 33.3 Å². The molecular weight excluding hydrogens is 341 g/mol. The predicted molar refractivity (Wildman–Crippen MR) is 95.1 cm³/mol. The number of esters is 1. The number of carbonyl (C=O) groups is 2. The van der Waals surface area contributed by atoms with Crippen LogP contribution in [0.4, 0.5) is 4.39 Å². The fourth-order valence-corrected chi connectivity index (χ4v) is 3.33. The van der Waals surface area contributed by atoms with Crippen LogP contribution in [0.15, 0.2) is 54.6 Å². The minimum Gasteiger partial charge on any atom is -0.443 e. The summed E-state index contributed by atoms with van der Waals surface area (Å²) in [6, 6.07) is 14.8. The van der Waals surface area contributed by atoms with Gasteiger partial charge < -0.3 is 9.64 Å². The molecule has 0 fully saturated rings. The van der Waals surface area contributed by atoms with Gasteiger partial charge in [-0.2, -0.15) is 0 Å². The summed E-state index contributed by atoms with van der Waals surface area (Å²) in [5.41, 5.74) is 0.599. The number of hydrogen-bond donors (Lipinski definition) is 0. The monoisotopic (exact) mass is 357 g/mol. The van der Waals surface area contributed by atoms with Crippen molar-refractivity contribution in [3.8, 4) is 0 Å². The first-order valence-corrected chi connectivity index (χ1v) is 8.43. The van der Waals surface area contributed by atoms with Gasteiger partial charge in [-0.05, 0) is 29.7 Å². The van der Waals surface area contributed by atoms with E-state index in [1.54, 1.807) is 50.5 Å². The van der Waals surface area contributed by atoms with Gasteiger partial charge in [0.2, 0.25) is 6.10 Å². The van der Waals surface area contributed by atoms with Crippen LogP contribution in [0.5, 0.6) is 0 Å². The number of carbonyl (C=O) groups excluding carboxylic acids is 2. The second-order valence-electron chi connectivity index (χ2n) is 5.72. The summed E-state index contributed by atoms with van der Waals surface area (Å²) in [4.78, 5) is 26.7. The first-order valence-electron chi connectivity index (χ1n) is 7.62. The van der Waals surface area contributed by atoms with Crippen LogP contribution in [0.1, 0.15) is 21.3 Å². The highest BCUT2D eigenvalue weighted by atomic mass is 32.1. The van der Waals surface area contributed by atoms with Gasteiger partial charge in [-0.15, -0.1) is 11.3 Å². The molecule has 4 nitrogen and oxygen atoms in total. The standard InChI is InChI=1S/C19H16FNO3S/c1-21(2)18(22)17(12-6-4-3-5-7-12)24-19(23)16-11-13-10-14(20)8-9-15(13)25-16/h3-11,17H,1-2H3. The quantitative estimate of drug-likeness (QED) is 0.663. The summed E-state index contributed by atoms with van der Waals surface area (Å²) >= 11 is 1.21. The Morgan fingerprint density at radius 3 is 2.48 bits per heavy atom. The third-order valence-electron chi connectivity index (χ3n) is 3.67. The SMILES string of the molecule is CN(C)C(=O)C(OC(=O)c1cc2cc(F)ccc2s1)c1ccccc1. The summed E-state index contributed by atoms with van der Waals surface area (Å²) < 4.78 is 19.6. The second kappa shape index (κ2) is 7.03. The molecule has 1 amide bonds. The van der Waals surface area contributed by atoms with E-state index in [0.29, 0.717) is 15.8 Å². The number of rotatable bonds is 4. The van der Waals surface area contributed by atoms with Crippen LogP contribution < -0.4 is 0 Å². The predicted octanol–water partition coefficient (Wildman–Crippen LogP) is 4.03. The summed E-state index contributed by atoms with van der Waals surface area (Å²) in [7, 11) is 3.21. The molecule has 3 rings (SSSR count). The number of hydrogen-bond acceptors (Lipinski definition) is 4. The van der Waals surface area contributed by atoms with E-state index in [9.17, 15) is 14.0 Å². The molecule has 1 unspecified atom stereocenters. The molecule has 0 saturated heterocycles. The van der Waals surface area contributed by atoms with Crippen molar-refractivity contribution < 1.29 is 18.7 Å². The molecule has 0 N–H and O–H groups in total. The molecule has 0 saturated carbocycles. The highest BCUT2D eigenvalue weighted by Gasteiger charge is 2.27. The first kappa shape index (κ1) is 17.1. The highest BCUT2D eigenvalue weighted by Crippen LogP contribution is 2.29. The summed E-state index contributed by atoms with van der Waals surface area (Å²) in [5, 5.41) is 0.632. The van der Waals surface area contributed by atoms with Crippen LogP contribution in [0.25, 0.3) is 10.1 Å². The smallest absolute Gasteiger partial charge is 0.349 e. The molecular formula is C19H16FNO3S. The average Bonchev–Trinajstić information content (AvgIpc) is 3.02. The van der Waals surface area contributed by atoms with Crippen LogP contribution in [-0.4, -0.2) is 30.9 Å². The van der Waals surface area contributed by atoms with Crippen molar-refractivity contribution in [2.75, 3.05) is 14.1 Å². The zero-order valence-electron chi connectivity index (χ0n) is 13.7. The fourth-order valence-electron chi connectivity index (χ4n) is 2.40. The lowest BCUT2D eigenvalue weighted by atomic mass is 10.1. The zero-order valence-corrected chi connectivity index (χ0v) is 14.5. The normalized spacial score (nSPS) is 12.0. The van der Waals surface area contributed by atoms with Gasteiger partial charge in [0.1, 0.15) is 10.7 Å². The number of amides is 1. The summed E-state index contributed by atoms with van der Waals surface area (Å²) in [6.07, 6.45) is -1.02. The van der Waals surface area contributed by atoms with E-state index in [4.69, 9.17) is 4.74 Å². The van der Waals surface area contributed by atoms with Crippen molar-refractivity contribution in [1.82, 2.24) is 4.90 Å². The van der Waals surface area contributed by atoms with Crippen LogP contribution in [0.3, 0.4) is 0 Å². The van der Waals surface area contributed by atoms with Gasteiger partial charge in [-0.1, -0.05) is 30.3 Å². The van der Waals surface area contributed by atoms with Crippen molar-refractivity contribution in [3.05, 3.63) is 70.9 Å². The minimum absolute atomic E-state index is 0.327. The highest BCUT2D eigenvalue weighted by molar-refractivity contribution is 7.20. The van der Waals surface area contributed by atoms with Crippen molar-refractivity contribution in [2.24, 2.45) is 0 Å². The molecule has 1 aromatic heterocycles. The average molecular weight is 357 g/mol. The Kier molecular flexibility index (Phi) is 4.81. The Morgan fingerprint density at radius 2 is 1.80 bits per heavy atom. The number of ether oxygens (including phenoxy) is 1. The van der Waals surface area contributed by atoms with Crippen LogP contribution in [-0.2, 0) is 9.53 Å². The van der Waals surface area contributed by atoms with E-state index >= 15 is 0 Å². The summed E-state index contributed by atoms with van der Waals surface area (Å²) in [5.74, 6) is -1.30. The molecule has 0 bridgehead atoms. The van der Waals surface area contributed by atoms with Crippen LogP contribution >= 0.6 is 11.3 Å². The maximum Gasteiger partial charge on any atom is 0.349 e. The molecule has 0 spiro atoms. The van der Waals surface area contributed by atoms with E-state index in [1.807, 2.05) is 6.07 Å². The lowest BCUT2D eigenvalue weighted by Gasteiger charge is -2.20. The molecule has 0 radical (unpaired) electrons. The van der Waals surface area contributed by atoms with Gasteiger partial charge in [-0.3, -0.25) is 4.79 Å². The molecule has 0 aliphatic heterocycles. The Hall–Kier alpha value is -2.73. The number of thiophene rings is 1. The van der Waals surface area contributed by atoms with Gasteiger partial charge >= 0.3 is 5.97 Å². The van der Waals surface area contributed by atoms with Gasteiger partial charge in [0.15, 0.2) is 0 Å². The van der Waals surface area contributed by atoms with Crippen molar-refractivity contribution in [2.45, 2.75) is 6.10 Å². The Balaban J connectivity index is 1.90. The Bertz CT molecular complexity index is 921. The molecule has 0 aliphatic carbocycles. The number of nitrogens with zero attached hydrogens (tertiary/aromatic N) is 1. The first-order chi connectivity index (χ1) is 12.0. The van der Waals surface area contributed by atoms with E-state index < -0.39 is 12.1 Å². The second-order valence-corrected chi connectivity index (χ2v) is 6.81. The molecule has 1 heterocycles. The molecule has 0 aliphatic rings. The number of halogens is 1. The summed E-state index contributed by atoms with van der Waals surface area (Å²) in [6.45, 7) is 0. The number of fused-ring (bicyclic) bond motifs is 1. The van der Waals surface area contributed by atoms with Gasteiger partial charge in [-0.25, -0.2) is 9.18 Å². The van der Waals surface area contributed by atoms with Gasteiger partial charge in [0.05, 0.1) is 0 Å². The van der Waals surface area contributed by atoms with Crippen LogP contribution in [0, 0.1) is 5.82 Å². The number of likely N-dealkylation sites (N-methyl/N-ethyl adjacent to an activating group) is 1. The topological polar surface area (TPSA) is 46.6 Å². The lowest BCUT2D eigenvalue weighted by Crippen LogP contribution is -2.31. The minimum atomic E-state index is -1.02. The molecule has 128 valence electrons. The van der Waals surface area contributed by atoms with E-state index in [1.165, 1.54) is 28.4 Å². The van der Waals surface area contributed by atoms with Crippen molar-refractivity contribution in [1.29, 1.82) is 0 Å². The maximum absolute atomic E-state index is 13.3. The third-order valence-corrected chi connectivity index (χ3v) is 4.77. The fraction of sp³-hybridized carbons (Fsp3) is 0.158. The Labute approximate surface area is 148 Å². The lowest BCUT2D eigenvalue weighted by molar-refractivity contribution is -0.138. The Morgan fingerprint density at radius 1 is 1.08 bits per heavy atom. The third kappa shape index (κ3) is 3.69. The molecule has 25 heavy (non-hydrogen) atoms. The maximum atomic E-state index is 13.3. The number of benzene rings is 2. The zero-order chi connectivity index (χ0) is 18.0. The molecule has 3 aromatic rings. The molecule has 6 heteroatoms. The molecule has 2 aromatic carbocycles. The van der Waals surface area contributed by atoms with E-state index in [2.05, 4.69) is 0 Å². The van der Waals surface area contributed by atoms with E-state index in [0.717, 1.165) is 4.70 Å². The molecule has 1 atom stereocenters. The van der Waals surface area contributed by atoms with Gasteiger partial charge in [0.25, 0.3) is 5.91 Å². The largest absolute Gasteiger partial charge is 0.443 e. The van der Waals surface area contributed by atoms with E-state index in [-0.39, 0.29) is 11.7 Å². The van der Waals surface area contributed by atoms with Gasteiger partial charge in [0, 0.05) is 24.4 Å². The van der Waals surface area contributed by atoms with Crippen LogP contribution in [0.2, 0.25) is 0 Å². The van der Waals surface area contributed by atoms with Crippen molar-refractivity contribution in [3.63, 3.8) is 0 Å².